The molecule has 24 heavy (non-hydrogen) atoms. The Morgan fingerprint density at radius 3 is 2.29 bits per heavy atom. The molecule has 0 aliphatic carbocycles. The minimum Gasteiger partial charge on any atom is -0.365 e. The van der Waals surface area contributed by atoms with Crippen molar-refractivity contribution in [1.29, 1.82) is 0 Å². The van der Waals surface area contributed by atoms with Crippen LogP contribution in [-0.2, 0) is 0 Å². The predicted molar refractivity (Wildman–Crippen MR) is 92.9 cm³/mol. The molecule has 6 nitrogen and oxygen atoms in total. The molecule has 0 saturated carbocycles. The minimum absolute atomic E-state index is 0.215. The molecule has 1 aromatic carbocycles. The zero-order valence-corrected chi connectivity index (χ0v) is 14.0. The SMILES string of the molecule is Cc1cc(C)nc(NC(N)=[N+]2CCN(c3ccc(F)cc3)CC2)n1. The summed E-state index contributed by atoms with van der Waals surface area (Å²) in [5.74, 6) is 0.859. The van der Waals surface area contributed by atoms with E-state index >= 15 is 0 Å². The lowest BCUT2D eigenvalue weighted by Crippen LogP contribution is -2.47. The molecule has 3 N–H and O–H groups in total. The molecule has 0 bridgehead atoms. The summed E-state index contributed by atoms with van der Waals surface area (Å²) in [4.78, 5) is 10.9. The first-order chi connectivity index (χ1) is 11.5. The maximum Gasteiger partial charge on any atom is 0.351 e. The zero-order chi connectivity index (χ0) is 17.1. The molecular formula is C17H22FN6+. The molecule has 2 aromatic rings. The van der Waals surface area contributed by atoms with Gasteiger partial charge in [-0.1, -0.05) is 0 Å². The van der Waals surface area contributed by atoms with E-state index in [4.69, 9.17) is 5.73 Å². The van der Waals surface area contributed by atoms with Crippen molar-refractivity contribution in [3.8, 4) is 0 Å². The Hall–Kier alpha value is -2.70. The number of piperazine rings is 1. The van der Waals surface area contributed by atoms with Gasteiger partial charge in [0, 0.05) is 30.2 Å². The third-order valence-corrected chi connectivity index (χ3v) is 4.03. The van der Waals surface area contributed by atoms with E-state index in [1.165, 1.54) is 12.1 Å². The molecule has 0 amide bonds. The number of nitrogens with one attached hydrogen (secondary N) is 1. The molecule has 1 aliphatic rings. The summed E-state index contributed by atoms with van der Waals surface area (Å²) < 4.78 is 15.1. The van der Waals surface area contributed by atoms with Gasteiger partial charge in [-0.25, -0.2) is 19.7 Å². The lowest BCUT2D eigenvalue weighted by Gasteiger charge is -2.30. The number of rotatable bonds is 2. The van der Waals surface area contributed by atoms with Gasteiger partial charge in [0.2, 0.25) is 0 Å². The lowest BCUT2D eigenvalue weighted by molar-refractivity contribution is -0.530. The van der Waals surface area contributed by atoms with Crippen LogP contribution >= 0.6 is 0 Å². The number of halogens is 1. The van der Waals surface area contributed by atoms with Crippen LogP contribution in [0.4, 0.5) is 16.0 Å². The van der Waals surface area contributed by atoms with Gasteiger partial charge in [0.25, 0.3) is 5.95 Å². The van der Waals surface area contributed by atoms with Crippen LogP contribution in [0.2, 0.25) is 0 Å². The molecule has 0 atom stereocenters. The van der Waals surface area contributed by atoms with Crippen molar-refractivity contribution >= 4 is 17.6 Å². The van der Waals surface area contributed by atoms with Crippen molar-refractivity contribution in [1.82, 2.24) is 9.97 Å². The number of aromatic nitrogens is 2. The summed E-state index contributed by atoms with van der Waals surface area (Å²) in [6.07, 6.45) is 0. The molecule has 0 radical (unpaired) electrons. The zero-order valence-electron chi connectivity index (χ0n) is 14.0. The van der Waals surface area contributed by atoms with Crippen molar-refractivity contribution in [3.05, 3.63) is 47.5 Å². The Balaban J connectivity index is 1.66. The molecule has 1 aliphatic heterocycles. The Labute approximate surface area is 140 Å². The second-order valence-corrected chi connectivity index (χ2v) is 5.94. The van der Waals surface area contributed by atoms with Gasteiger partial charge in [-0.05, 0) is 44.2 Å². The highest BCUT2D eigenvalue weighted by Crippen LogP contribution is 2.16. The molecule has 1 aromatic heterocycles. The number of hydrogen-bond donors (Lipinski definition) is 2. The van der Waals surface area contributed by atoms with Crippen LogP contribution in [0.25, 0.3) is 0 Å². The molecule has 1 fully saturated rings. The Kier molecular flexibility index (Phi) is 4.59. The van der Waals surface area contributed by atoms with E-state index in [9.17, 15) is 4.39 Å². The second kappa shape index (κ2) is 6.82. The van der Waals surface area contributed by atoms with Crippen molar-refractivity contribution in [2.24, 2.45) is 5.73 Å². The number of hydrogen-bond acceptors (Lipinski definition) is 3. The van der Waals surface area contributed by atoms with Crippen LogP contribution in [0.15, 0.2) is 30.3 Å². The van der Waals surface area contributed by atoms with Crippen LogP contribution in [-0.4, -0.2) is 46.7 Å². The maximum absolute atomic E-state index is 13.0. The van der Waals surface area contributed by atoms with Crippen molar-refractivity contribution in [3.63, 3.8) is 0 Å². The average molecular weight is 329 g/mol. The number of anilines is 2. The summed E-state index contributed by atoms with van der Waals surface area (Å²) in [6, 6.07) is 8.50. The topological polar surface area (TPSA) is 70.1 Å². The van der Waals surface area contributed by atoms with Gasteiger partial charge >= 0.3 is 5.96 Å². The van der Waals surface area contributed by atoms with E-state index in [0.717, 1.165) is 43.3 Å². The van der Waals surface area contributed by atoms with E-state index in [1.807, 2.05) is 19.9 Å². The second-order valence-electron chi connectivity index (χ2n) is 5.94. The van der Waals surface area contributed by atoms with Gasteiger partial charge in [-0.15, -0.1) is 0 Å². The predicted octanol–water partition coefficient (Wildman–Crippen LogP) is 1.49. The smallest absolute Gasteiger partial charge is 0.351 e. The summed E-state index contributed by atoms with van der Waals surface area (Å²) >= 11 is 0. The summed E-state index contributed by atoms with van der Waals surface area (Å²) in [5, 5.41) is 3.09. The highest BCUT2D eigenvalue weighted by Gasteiger charge is 2.19. The first-order valence-electron chi connectivity index (χ1n) is 7.98. The third kappa shape index (κ3) is 3.79. The van der Waals surface area contributed by atoms with E-state index in [2.05, 4.69) is 24.8 Å². The van der Waals surface area contributed by atoms with Crippen molar-refractivity contribution in [2.75, 3.05) is 36.4 Å². The molecule has 7 heteroatoms. The van der Waals surface area contributed by atoms with Crippen LogP contribution in [0.1, 0.15) is 11.4 Å². The largest absolute Gasteiger partial charge is 0.365 e. The standard InChI is InChI=1S/C17H21FN6/c1-12-11-13(2)21-17(20-12)22-16(19)24-9-7-23(8-10-24)15-5-3-14(18)4-6-15/h3-6,11H,7-10H2,1-2H3,(H2,19,20,21,22)/p+1. The number of nitrogens with zero attached hydrogens (tertiary/aromatic N) is 4. The summed E-state index contributed by atoms with van der Waals surface area (Å²) in [5.41, 5.74) is 9.00. The van der Waals surface area contributed by atoms with Gasteiger partial charge in [-0.3, -0.25) is 10.3 Å². The number of nitrogens with two attached hydrogens (primary N) is 1. The van der Waals surface area contributed by atoms with Gasteiger partial charge in [0.1, 0.15) is 5.82 Å². The number of benzene rings is 1. The monoisotopic (exact) mass is 329 g/mol. The van der Waals surface area contributed by atoms with E-state index in [-0.39, 0.29) is 5.82 Å². The molecular weight excluding hydrogens is 307 g/mol. The Bertz CT molecular complexity index is 726. The first kappa shape index (κ1) is 16.2. The van der Waals surface area contributed by atoms with Gasteiger partial charge < -0.3 is 4.90 Å². The van der Waals surface area contributed by atoms with Crippen LogP contribution in [0.3, 0.4) is 0 Å². The van der Waals surface area contributed by atoms with Crippen LogP contribution < -0.4 is 16.0 Å². The lowest BCUT2D eigenvalue weighted by atomic mass is 10.2. The fraction of sp³-hybridized carbons (Fsp3) is 0.353. The average Bonchev–Trinajstić information content (AvgIpc) is 2.55. The van der Waals surface area contributed by atoms with Crippen molar-refractivity contribution < 1.29 is 8.97 Å². The van der Waals surface area contributed by atoms with Crippen LogP contribution in [0.5, 0.6) is 0 Å². The van der Waals surface area contributed by atoms with E-state index in [0.29, 0.717) is 11.9 Å². The molecule has 0 unspecified atom stereocenters. The molecule has 0 spiro atoms. The highest BCUT2D eigenvalue weighted by molar-refractivity contribution is 5.86. The van der Waals surface area contributed by atoms with Gasteiger partial charge in [-0.2, -0.15) is 0 Å². The van der Waals surface area contributed by atoms with Gasteiger partial charge in [0.15, 0.2) is 0 Å². The van der Waals surface area contributed by atoms with E-state index < -0.39 is 0 Å². The van der Waals surface area contributed by atoms with Gasteiger partial charge in [0.05, 0.1) is 13.1 Å². The number of aryl methyl sites for hydroxylation is 2. The summed E-state index contributed by atoms with van der Waals surface area (Å²) in [7, 11) is 0. The fourth-order valence-electron chi connectivity index (χ4n) is 2.83. The highest BCUT2D eigenvalue weighted by atomic mass is 19.1. The molecule has 126 valence electrons. The third-order valence-electron chi connectivity index (χ3n) is 4.03. The molecule has 2 heterocycles. The maximum atomic E-state index is 13.0. The van der Waals surface area contributed by atoms with Crippen molar-refractivity contribution in [2.45, 2.75) is 13.8 Å². The molecule has 1 saturated heterocycles. The van der Waals surface area contributed by atoms with Crippen LogP contribution in [0, 0.1) is 19.7 Å². The Morgan fingerprint density at radius 2 is 1.71 bits per heavy atom. The summed E-state index contributed by atoms with van der Waals surface area (Å²) in [6.45, 7) is 7.06. The fourth-order valence-corrected chi connectivity index (χ4v) is 2.83. The quantitative estimate of drug-likeness (QED) is 0.645. The minimum atomic E-state index is -0.215. The number of guanidine groups is 1. The van der Waals surface area contributed by atoms with E-state index in [1.54, 1.807) is 12.1 Å². The Morgan fingerprint density at radius 1 is 1.12 bits per heavy atom. The normalized spacial score (nSPS) is 14.6. The molecule has 3 rings (SSSR count). The first-order valence-corrected chi connectivity index (χ1v) is 7.98.